The van der Waals surface area contributed by atoms with Gasteiger partial charge < -0.3 is 10.1 Å². The number of carbonyl (C=O) groups excluding carboxylic acids is 2. The van der Waals surface area contributed by atoms with Crippen molar-refractivity contribution in [1.82, 2.24) is 5.32 Å². The zero-order valence-electron chi connectivity index (χ0n) is 14.2. The van der Waals surface area contributed by atoms with Gasteiger partial charge in [-0.15, -0.1) is 0 Å². The Hall–Kier alpha value is -1.32. The molecule has 1 unspecified atom stereocenters. The molecule has 4 saturated carbocycles. The number of allylic oxidation sites excluding steroid dienone is 2. The topological polar surface area (TPSA) is 55.4 Å². The normalized spacial score (nSPS) is 48.8. The van der Waals surface area contributed by atoms with Gasteiger partial charge in [0, 0.05) is 5.54 Å². The molecule has 1 N–H and O–H groups in total. The molecule has 4 bridgehead atoms. The van der Waals surface area contributed by atoms with Gasteiger partial charge >= 0.3 is 5.97 Å². The first-order chi connectivity index (χ1) is 11.6. The van der Waals surface area contributed by atoms with Crippen LogP contribution >= 0.6 is 0 Å². The second-order valence-corrected chi connectivity index (χ2v) is 9.10. The van der Waals surface area contributed by atoms with Crippen LogP contribution in [0.25, 0.3) is 0 Å². The van der Waals surface area contributed by atoms with E-state index in [4.69, 9.17) is 4.74 Å². The highest BCUT2D eigenvalue weighted by atomic mass is 16.5. The molecular formula is C20H27NO3. The minimum atomic E-state index is -0.266. The van der Waals surface area contributed by atoms with Crippen molar-refractivity contribution in [3.8, 4) is 0 Å². The molecule has 0 aromatic carbocycles. The summed E-state index contributed by atoms with van der Waals surface area (Å²) in [6.45, 7) is 0.494. The molecule has 1 heterocycles. The van der Waals surface area contributed by atoms with Gasteiger partial charge in [0.25, 0.3) is 0 Å². The molecule has 130 valence electrons. The van der Waals surface area contributed by atoms with Gasteiger partial charge in [0.2, 0.25) is 5.91 Å². The van der Waals surface area contributed by atoms with Crippen molar-refractivity contribution in [2.24, 2.45) is 35.5 Å². The van der Waals surface area contributed by atoms with E-state index in [0.29, 0.717) is 13.0 Å². The van der Waals surface area contributed by atoms with E-state index in [0.717, 1.165) is 43.4 Å². The van der Waals surface area contributed by atoms with Crippen LogP contribution in [-0.4, -0.2) is 24.0 Å². The lowest BCUT2D eigenvalue weighted by molar-refractivity contribution is -0.162. The highest BCUT2D eigenvalue weighted by Gasteiger charge is 2.53. The van der Waals surface area contributed by atoms with E-state index in [9.17, 15) is 9.59 Å². The summed E-state index contributed by atoms with van der Waals surface area (Å²) in [5.41, 5.74) is 0.0288. The summed E-state index contributed by atoms with van der Waals surface area (Å²) in [7, 11) is 0. The number of carbonyl (C=O) groups is 2. The number of esters is 1. The summed E-state index contributed by atoms with van der Waals surface area (Å²) in [5.74, 6) is 2.07. The van der Waals surface area contributed by atoms with E-state index < -0.39 is 0 Å². The van der Waals surface area contributed by atoms with Crippen LogP contribution in [0.5, 0.6) is 0 Å². The Morgan fingerprint density at radius 2 is 1.79 bits per heavy atom. The van der Waals surface area contributed by atoms with Crippen molar-refractivity contribution >= 4 is 11.9 Å². The molecule has 6 aliphatic rings. The van der Waals surface area contributed by atoms with Gasteiger partial charge in [-0.1, -0.05) is 12.2 Å². The van der Waals surface area contributed by atoms with Crippen molar-refractivity contribution in [2.75, 3.05) is 6.61 Å². The van der Waals surface area contributed by atoms with Gasteiger partial charge in [0.05, 0.1) is 18.4 Å². The van der Waals surface area contributed by atoms with Crippen LogP contribution in [0.1, 0.15) is 51.4 Å². The third kappa shape index (κ3) is 2.33. The third-order valence-electron chi connectivity index (χ3n) is 7.40. The molecule has 3 atom stereocenters. The molecule has 1 saturated heterocycles. The highest BCUT2D eigenvalue weighted by Crippen LogP contribution is 2.55. The quantitative estimate of drug-likeness (QED) is 0.626. The number of rotatable bonds is 2. The van der Waals surface area contributed by atoms with Gasteiger partial charge in [-0.2, -0.15) is 0 Å². The van der Waals surface area contributed by atoms with Crippen molar-refractivity contribution in [2.45, 2.75) is 56.9 Å². The van der Waals surface area contributed by atoms with E-state index in [1.807, 2.05) is 0 Å². The smallest absolute Gasteiger partial charge is 0.310 e. The standard InChI is InChI=1S/C20H27NO3/c22-18(16-3-1-2-15-4-5-24-19(23)17(15)16)21-20-9-12-6-13(10-20)8-14(7-12)11-20/h1-2,12-17H,3-11H2,(H,21,22)/t12?,13?,14?,15-,16?,17+,20?/m1/s1. The second-order valence-electron chi connectivity index (χ2n) is 9.10. The van der Waals surface area contributed by atoms with Gasteiger partial charge in [-0.3, -0.25) is 9.59 Å². The fourth-order valence-electron chi connectivity index (χ4n) is 6.86. The first-order valence-corrected chi connectivity index (χ1v) is 9.77. The molecule has 4 nitrogen and oxygen atoms in total. The van der Waals surface area contributed by atoms with E-state index in [-0.39, 0.29) is 35.2 Å². The Bertz CT molecular complexity index is 560. The van der Waals surface area contributed by atoms with Crippen LogP contribution < -0.4 is 5.32 Å². The molecule has 1 amide bonds. The molecule has 1 aliphatic heterocycles. The number of ether oxygens (including phenoxy) is 1. The maximum absolute atomic E-state index is 13.1. The van der Waals surface area contributed by atoms with Crippen LogP contribution in [0.3, 0.4) is 0 Å². The largest absolute Gasteiger partial charge is 0.465 e. The average molecular weight is 329 g/mol. The summed E-state index contributed by atoms with van der Waals surface area (Å²) >= 11 is 0. The Balaban J connectivity index is 1.35. The molecule has 0 aromatic heterocycles. The van der Waals surface area contributed by atoms with Gasteiger partial charge in [0.1, 0.15) is 0 Å². The molecule has 5 aliphatic carbocycles. The van der Waals surface area contributed by atoms with E-state index in [2.05, 4.69) is 17.5 Å². The predicted octanol–water partition coefficient (Wildman–Crippen LogP) is 2.83. The minimum Gasteiger partial charge on any atom is -0.465 e. The van der Waals surface area contributed by atoms with E-state index >= 15 is 0 Å². The first-order valence-electron chi connectivity index (χ1n) is 9.77. The maximum atomic E-state index is 13.1. The van der Waals surface area contributed by atoms with Crippen molar-refractivity contribution in [3.05, 3.63) is 12.2 Å². The van der Waals surface area contributed by atoms with Crippen molar-refractivity contribution in [3.63, 3.8) is 0 Å². The van der Waals surface area contributed by atoms with Crippen molar-refractivity contribution in [1.29, 1.82) is 0 Å². The fourth-order valence-corrected chi connectivity index (χ4v) is 6.86. The lowest BCUT2D eigenvalue weighted by Gasteiger charge is -2.57. The molecule has 0 aromatic rings. The van der Waals surface area contributed by atoms with Crippen molar-refractivity contribution < 1.29 is 14.3 Å². The van der Waals surface area contributed by atoms with Crippen LogP contribution in [0, 0.1) is 35.5 Å². The SMILES string of the molecule is O=C(NC12CC3CC(CC(C3)C1)C2)C1CC=C[C@@H]2CCOC(=O)[C@H]12. The summed E-state index contributed by atoms with van der Waals surface area (Å²) in [4.78, 5) is 25.4. The molecule has 0 spiro atoms. The van der Waals surface area contributed by atoms with Gasteiger partial charge in [-0.25, -0.2) is 0 Å². The lowest BCUT2D eigenvalue weighted by Crippen LogP contribution is -2.61. The molecule has 24 heavy (non-hydrogen) atoms. The zero-order valence-corrected chi connectivity index (χ0v) is 14.2. The first kappa shape index (κ1) is 15.0. The zero-order chi connectivity index (χ0) is 16.3. The predicted molar refractivity (Wildman–Crippen MR) is 88.8 cm³/mol. The third-order valence-corrected chi connectivity index (χ3v) is 7.40. The van der Waals surface area contributed by atoms with Crippen LogP contribution in [0.2, 0.25) is 0 Å². The summed E-state index contributed by atoms with van der Waals surface area (Å²) in [6, 6.07) is 0. The molecule has 5 fully saturated rings. The highest BCUT2D eigenvalue weighted by molar-refractivity contribution is 5.87. The van der Waals surface area contributed by atoms with E-state index in [1.165, 1.54) is 19.3 Å². The summed E-state index contributed by atoms with van der Waals surface area (Å²) < 4.78 is 5.27. The number of amides is 1. The van der Waals surface area contributed by atoms with Crippen LogP contribution in [0.4, 0.5) is 0 Å². The lowest BCUT2D eigenvalue weighted by atomic mass is 9.53. The van der Waals surface area contributed by atoms with Gasteiger partial charge in [0.15, 0.2) is 0 Å². The maximum Gasteiger partial charge on any atom is 0.310 e. The monoisotopic (exact) mass is 329 g/mol. The number of hydrogen-bond acceptors (Lipinski definition) is 3. The molecule has 0 radical (unpaired) electrons. The number of nitrogens with one attached hydrogen (secondary N) is 1. The number of hydrogen-bond donors (Lipinski definition) is 1. The fraction of sp³-hybridized carbons (Fsp3) is 0.800. The van der Waals surface area contributed by atoms with E-state index in [1.54, 1.807) is 0 Å². The second kappa shape index (κ2) is 5.34. The number of fused-ring (bicyclic) bond motifs is 1. The van der Waals surface area contributed by atoms with Gasteiger partial charge in [-0.05, 0) is 75.0 Å². The number of cyclic esters (lactones) is 1. The Labute approximate surface area is 143 Å². The molecular weight excluding hydrogens is 302 g/mol. The Morgan fingerprint density at radius 3 is 2.46 bits per heavy atom. The average Bonchev–Trinajstić information content (AvgIpc) is 2.53. The Kier molecular flexibility index (Phi) is 3.33. The summed E-state index contributed by atoms with van der Waals surface area (Å²) in [6.07, 6.45) is 13.4. The van der Waals surface area contributed by atoms with Crippen LogP contribution in [0.15, 0.2) is 12.2 Å². The molecule has 4 heteroatoms. The minimum absolute atomic E-state index is 0.0288. The Morgan fingerprint density at radius 1 is 1.12 bits per heavy atom. The van der Waals surface area contributed by atoms with Crippen LogP contribution in [-0.2, 0) is 14.3 Å². The molecule has 6 rings (SSSR count). The summed E-state index contributed by atoms with van der Waals surface area (Å²) in [5, 5.41) is 3.47.